The first-order chi connectivity index (χ1) is 8.16. The molecule has 0 spiro atoms. The van der Waals surface area contributed by atoms with Crippen molar-refractivity contribution in [3.05, 3.63) is 63.1 Å². The van der Waals surface area contributed by atoms with E-state index < -0.39 is 0 Å². The van der Waals surface area contributed by atoms with Crippen LogP contribution in [-0.4, -0.2) is 0 Å². The Bertz CT molecular complexity index is 525. The maximum atomic E-state index is 6.08. The number of halogens is 2. The fourth-order valence-electron chi connectivity index (χ4n) is 1.59. The summed E-state index contributed by atoms with van der Waals surface area (Å²) in [5.74, 6) is 0. The van der Waals surface area contributed by atoms with Gasteiger partial charge in [-0.15, -0.1) is 0 Å². The van der Waals surface area contributed by atoms with Gasteiger partial charge in [-0.2, -0.15) is 0 Å². The first-order valence-corrected chi connectivity index (χ1v) is 6.57. The van der Waals surface area contributed by atoms with Crippen molar-refractivity contribution in [2.75, 3.05) is 5.32 Å². The molecule has 0 fully saturated rings. The summed E-state index contributed by atoms with van der Waals surface area (Å²) in [5, 5.41) is 4.07. The normalized spacial score (nSPS) is 10.3. The molecule has 0 saturated heterocycles. The van der Waals surface area contributed by atoms with Crippen molar-refractivity contribution in [2.24, 2.45) is 0 Å². The van der Waals surface area contributed by atoms with Gasteiger partial charge in [0.15, 0.2) is 0 Å². The zero-order valence-corrected chi connectivity index (χ0v) is 11.8. The topological polar surface area (TPSA) is 12.0 Å². The highest BCUT2D eigenvalue weighted by molar-refractivity contribution is 9.10. The van der Waals surface area contributed by atoms with E-state index in [4.69, 9.17) is 11.6 Å². The Morgan fingerprint density at radius 3 is 2.65 bits per heavy atom. The van der Waals surface area contributed by atoms with Crippen molar-refractivity contribution in [2.45, 2.75) is 13.5 Å². The van der Waals surface area contributed by atoms with Gasteiger partial charge in [-0.05, 0) is 36.2 Å². The van der Waals surface area contributed by atoms with Crippen LogP contribution in [0.3, 0.4) is 0 Å². The number of anilines is 1. The maximum absolute atomic E-state index is 6.08. The third-order valence-corrected chi connectivity index (χ3v) is 3.62. The highest BCUT2D eigenvalue weighted by atomic mass is 79.9. The second-order valence-corrected chi connectivity index (χ2v) is 5.19. The van der Waals surface area contributed by atoms with Crippen molar-refractivity contribution in [3.63, 3.8) is 0 Å². The molecule has 0 heterocycles. The molecule has 3 heteroatoms. The van der Waals surface area contributed by atoms with Crippen LogP contribution in [0.25, 0.3) is 0 Å². The van der Waals surface area contributed by atoms with Crippen LogP contribution in [0.4, 0.5) is 5.69 Å². The summed E-state index contributed by atoms with van der Waals surface area (Å²) in [4.78, 5) is 0. The third kappa shape index (κ3) is 3.24. The van der Waals surface area contributed by atoms with E-state index in [1.165, 1.54) is 11.1 Å². The molecule has 0 radical (unpaired) electrons. The number of para-hydroxylation sites is 1. The molecule has 0 atom stereocenters. The lowest BCUT2D eigenvalue weighted by Gasteiger charge is -2.10. The molecule has 1 N–H and O–H groups in total. The summed E-state index contributed by atoms with van der Waals surface area (Å²) in [6.07, 6.45) is 0. The summed E-state index contributed by atoms with van der Waals surface area (Å²) in [6, 6.07) is 14.1. The van der Waals surface area contributed by atoms with E-state index >= 15 is 0 Å². The quantitative estimate of drug-likeness (QED) is 0.839. The number of hydrogen-bond acceptors (Lipinski definition) is 1. The van der Waals surface area contributed by atoms with Crippen LogP contribution < -0.4 is 5.32 Å². The molecule has 0 saturated carbocycles. The zero-order valence-electron chi connectivity index (χ0n) is 9.50. The third-order valence-electron chi connectivity index (χ3n) is 2.55. The van der Waals surface area contributed by atoms with Gasteiger partial charge in [0.25, 0.3) is 0 Å². The number of rotatable bonds is 3. The molecule has 0 aliphatic rings. The highest BCUT2D eigenvalue weighted by Crippen LogP contribution is 2.23. The van der Waals surface area contributed by atoms with Crippen molar-refractivity contribution < 1.29 is 0 Å². The standard InChI is InChI=1S/C14H13BrClN/c1-10-6-7-11(12(15)8-10)9-17-14-5-3-2-4-13(14)16/h2-8,17H,9H2,1H3. The van der Waals surface area contributed by atoms with Crippen molar-refractivity contribution in [1.29, 1.82) is 0 Å². The summed E-state index contributed by atoms with van der Waals surface area (Å²) in [5.41, 5.74) is 3.43. The first-order valence-electron chi connectivity index (χ1n) is 5.40. The summed E-state index contributed by atoms with van der Waals surface area (Å²) in [7, 11) is 0. The van der Waals surface area contributed by atoms with Crippen LogP contribution >= 0.6 is 27.5 Å². The number of aryl methyl sites for hydroxylation is 1. The van der Waals surface area contributed by atoms with E-state index in [1.807, 2.05) is 24.3 Å². The minimum absolute atomic E-state index is 0.746. The van der Waals surface area contributed by atoms with E-state index in [1.54, 1.807) is 0 Å². The molecule has 88 valence electrons. The Morgan fingerprint density at radius 1 is 1.18 bits per heavy atom. The summed E-state index contributed by atoms with van der Waals surface area (Å²) >= 11 is 9.65. The van der Waals surface area contributed by atoms with Crippen LogP contribution in [-0.2, 0) is 6.54 Å². The SMILES string of the molecule is Cc1ccc(CNc2ccccc2Cl)c(Br)c1. The molecule has 0 aliphatic heterocycles. The van der Waals surface area contributed by atoms with Crippen molar-refractivity contribution in [3.8, 4) is 0 Å². The lowest BCUT2D eigenvalue weighted by atomic mass is 10.1. The molecule has 0 aromatic heterocycles. The number of hydrogen-bond donors (Lipinski definition) is 1. The van der Waals surface area contributed by atoms with Crippen LogP contribution in [0.2, 0.25) is 5.02 Å². The maximum Gasteiger partial charge on any atom is 0.0637 e. The summed E-state index contributed by atoms with van der Waals surface area (Å²) in [6.45, 7) is 2.83. The average molecular weight is 311 g/mol. The van der Waals surface area contributed by atoms with Crippen LogP contribution in [0.1, 0.15) is 11.1 Å². The first kappa shape index (κ1) is 12.5. The molecule has 17 heavy (non-hydrogen) atoms. The minimum atomic E-state index is 0.746. The van der Waals surface area contributed by atoms with E-state index in [2.05, 4.69) is 46.4 Å². The van der Waals surface area contributed by atoms with E-state index in [-0.39, 0.29) is 0 Å². The molecule has 2 rings (SSSR count). The van der Waals surface area contributed by atoms with Gasteiger partial charge in [-0.1, -0.05) is 51.8 Å². The van der Waals surface area contributed by atoms with Gasteiger partial charge in [0, 0.05) is 11.0 Å². The van der Waals surface area contributed by atoms with Crippen LogP contribution in [0, 0.1) is 6.92 Å². The Labute approximate surface area is 115 Å². The molecule has 0 amide bonds. The van der Waals surface area contributed by atoms with Gasteiger partial charge in [0.1, 0.15) is 0 Å². The molecule has 2 aromatic rings. The molecule has 0 aliphatic carbocycles. The second-order valence-electron chi connectivity index (χ2n) is 3.93. The smallest absolute Gasteiger partial charge is 0.0637 e. The van der Waals surface area contributed by atoms with Gasteiger partial charge >= 0.3 is 0 Å². The summed E-state index contributed by atoms with van der Waals surface area (Å²) < 4.78 is 1.12. The Hall–Kier alpha value is -0.990. The van der Waals surface area contributed by atoms with Crippen molar-refractivity contribution in [1.82, 2.24) is 0 Å². The predicted octanol–water partition coefficient (Wildman–Crippen LogP) is 5.02. The largest absolute Gasteiger partial charge is 0.380 e. The van der Waals surface area contributed by atoms with Gasteiger partial charge < -0.3 is 5.32 Å². The molecule has 2 aromatic carbocycles. The van der Waals surface area contributed by atoms with Gasteiger partial charge in [-0.3, -0.25) is 0 Å². The Morgan fingerprint density at radius 2 is 1.94 bits per heavy atom. The van der Waals surface area contributed by atoms with E-state index in [9.17, 15) is 0 Å². The molecule has 1 nitrogen and oxygen atoms in total. The van der Waals surface area contributed by atoms with Gasteiger partial charge in [0.05, 0.1) is 10.7 Å². The molecule has 0 unspecified atom stereocenters. The predicted molar refractivity (Wildman–Crippen MR) is 77.7 cm³/mol. The lowest BCUT2D eigenvalue weighted by Crippen LogP contribution is -2.00. The van der Waals surface area contributed by atoms with E-state index in [0.29, 0.717) is 0 Å². The average Bonchev–Trinajstić information content (AvgIpc) is 2.30. The van der Waals surface area contributed by atoms with E-state index in [0.717, 1.165) is 21.7 Å². The van der Waals surface area contributed by atoms with Crippen LogP contribution in [0.5, 0.6) is 0 Å². The number of benzene rings is 2. The fourth-order valence-corrected chi connectivity index (χ4v) is 2.43. The van der Waals surface area contributed by atoms with Crippen LogP contribution in [0.15, 0.2) is 46.9 Å². The second kappa shape index (κ2) is 5.56. The fraction of sp³-hybridized carbons (Fsp3) is 0.143. The Balaban J connectivity index is 2.10. The molecular weight excluding hydrogens is 298 g/mol. The zero-order chi connectivity index (χ0) is 12.3. The van der Waals surface area contributed by atoms with Gasteiger partial charge in [-0.25, -0.2) is 0 Å². The monoisotopic (exact) mass is 309 g/mol. The molecular formula is C14H13BrClN. The Kier molecular flexibility index (Phi) is 4.08. The lowest BCUT2D eigenvalue weighted by molar-refractivity contribution is 1.13. The van der Waals surface area contributed by atoms with Crippen molar-refractivity contribution >= 4 is 33.2 Å². The van der Waals surface area contributed by atoms with Gasteiger partial charge in [0.2, 0.25) is 0 Å². The molecule has 0 bridgehead atoms. The number of nitrogens with one attached hydrogen (secondary N) is 1. The minimum Gasteiger partial charge on any atom is -0.380 e. The highest BCUT2D eigenvalue weighted by Gasteiger charge is 2.02.